The molecular formula is C13H15ClF3NO3. The first kappa shape index (κ1) is 17.4. The number of carbonyl (C=O) groups excluding carboxylic acids is 1. The van der Waals surface area contributed by atoms with Crippen LogP contribution in [0.1, 0.15) is 16.7 Å². The standard InChI is InChI=1S/C13H15ClF3NO3/c1-6-8(5-18-12(19)13(15,16)17)10(20-3)7(2)9(14)11(6)21-4/h5H2,1-4H3,(H,18,19). The van der Waals surface area contributed by atoms with Crippen LogP contribution in [0.15, 0.2) is 0 Å². The Labute approximate surface area is 125 Å². The minimum absolute atomic E-state index is 0.317. The highest BCUT2D eigenvalue weighted by Gasteiger charge is 2.38. The van der Waals surface area contributed by atoms with Crippen LogP contribution in [0.3, 0.4) is 0 Å². The highest BCUT2D eigenvalue weighted by molar-refractivity contribution is 6.33. The summed E-state index contributed by atoms with van der Waals surface area (Å²) in [5, 5.41) is 2.13. The van der Waals surface area contributed by atoms with Gasteiger partial charge in [-0.3, -0.25) is 4.79 Å². The van der Waals surface area contributed by atoms with Crippen LogP contribution < -0.4 is 14.8 Å². The Morgan fingerprint density at radius 1 is 1.14 bits per heavy atom. The maximum absolute atomic E-state index is 12.2. The number of ether oxygens (including phenoxy) is 2. The molecule has 1 N–H and O–H groups in total. The summed E-state index contributed by atoms with van der Waals surface area (Å²) in [7, 11) is 2.78. The van der Waals surface area contributed by atoms with Crippen LogP contribution in [0, 0.1) is 13.8 Å². The average Bonchev–Trinajstić information content (AvgIpc) is 2.40. The zero-order chi connectivity index (χ0) is 16.4. The molecule has 0 aliphatic carbocycles. The maximum atomic E-state index is 12.2. The third-order valence-corrected chi connectivity index (χ3v) is 3.48. The van der Waals surface area contributed by atoms with Crippen molar-refractivity contribution in [3.63, 3.8) is 0 Å². The second-order valence-corrected chi connectivity index (χ2v) is 4.67. The number of carbonyl (C=O) groups is 1. The van der Waals surface area contributed by atoms with Crippen molar-refractivity contribution < 1.29 is 27.4 Å². The van der Waals surface area contributed by atoms with Gasteiger partial charge < -0.3 is 14.8 Å². The molecule has 0 fully saturated rings. The summed E-state index contributed by atoms with van der Waals surface area (Å²) in [6.45, 7) is 2.93. The topological polar surface area (TPSA) is 47.6 Å². The van der Waals surface area contributed by atoms with Crippen molar-refractivity contribution >= 4 is 17.5 Å². The second kappa shape index (κ2) is 6.43. The van der Waals surface area contributed by atoms with Gasteiger partial charge in [0.2, 0.25) is 0 Å². The van der Waals surface area contributed by atoms with Crippen LogP contribution in [-0.2, 0) is 11.3 Å². The van der Waals surface area contributed by atoms with Crippen LogP contribution in [-0.4, -0.2) is 26.3 Å². The molecule has 0 heterocycles. The van der Waals surface area contributed by atoms with Gasteiger partial charge in [-0.05, 0) is 13.8 Å². The molecule has 0 atom stereocenters. The van der Waals surface area contributed by atoms with Crippen molar-refractivity contribution in [1.82, 2.24) is 5.32 Å². The van der Waals surface area contributed by atoms with Crippen LogP contribution >= 0.6 is 11.6 Å². The van der Waals surface area contributed by atoms with E-state index in [0.29, 0.717) is 33.2 Å². The van der Waals surface area contributed by atoms with Crippen molar-refractivity contribution in [3.05, 3.63) is 21.7 Å². The highest BCUT2D eigenvalue weighted by Crippen LogP contribution is 2.41. The lowest BCUT2D eigenvalue weighted by molar-refractivity contribution is -0.173. The molecule has 8 heteroatoms. The molecule has 0 aliphatic heterocycles. The average molecular weight is 326 g/mol. The minimum Gasteiger partial charge on any atom is -0.496 e. The van der Waals surface area contributed by atoms with E-state index in [1.165, 1.54) is 14.2 Å². The van der Waals surface area contributed by atoms with Gasteiger partial charge in [0.1, 0.15) is 11.5 Å². The fraction of sp³-hybridized carbons (Fsp3) is 0.462. The van der Waals surface area contributed by atoms with E-state index in [9.17, 15) is 18.0 Å². The quantitative estimate of drug-likeness (QED) is 0.925. The van der Waals surface area contributed by atoms with Gasteiger partial charge in [-0.2, -0.15) is 13.2 Å². The van der Waals surface area contributed by atoms with Crippen molar-refractivity contribution in [2.24, 2.45) is 0 Å². The molecule has 118 valence electrons. The van der Waals surface area contributed by atoms with E-state index in [1.54, 1.807) is 13.8 Å². The van der Waals surface area contributed by atoms with Gasteiger partial charge in [-0.1, -0.05) is 11.6 Å². The van der Waals surface area contributed by atoms with Gasteiger partial charge in [-0.25, -0.2) is 0 Å². The van der Waals surface area contributed by atoms with E-state index in [-0.39, 0.29) is 6.54 Å². The first-order valence-corrected chi connectivity index (χ1v) is 6.27. The minimum atomic E-state index is -4.94. The Balaban J connectivity index is 3.23. The molecule has 0 saturated heterocycles. The Hall–Kier alpha value is -1.63. The van der Waals surface area contributed by atoms with Gasteiger partial charge >= 0.3 is 12.1 Å². The molecule has 21 heavy (non-hydrogen) atoms. The predicted octanol–water partition coefficient (Wildman–Crippen LogP) is 3.15. The molecule has 0 bridgehead atoms. The number of rotatable bonds is 4. The molecule has 0 saturated carbocycles. The molecular weight excluding hydrogens is 311 g/mol. The summed E-state index contributed by atoms with van der Waals surface area (Å²) >= 11 is 6.12. The van der Waals surface area contributed by atoms with Crippen LogP contribution in [0.2, 0.25) is 5.02 Å². The van der Waals surface area contributed by atoms with E-state index in [0.717, 1.165) is 0 Å². The largest absolute Gasteiger partial charge is 0.496 e. The third-order valence-electron chi connectivity index (χ3n) is 3.03. The summed E-state index contributed by atoms with van der Waals surface area (Å²) < 4.78 is 47.0. The van der Waals surface area contributed by atoms with Gasteiger partial charge in [0, 0.05) is 23.2 Å². The van der Waals surface area contributed by atoms with Crippen molar-refractivity contribution in [1.29, 1.82) is 0 Å². The Kier molecular flexibility index (Phi) is 5.33. The molecule has 0 unspecified atom stereocenters. The van der Waals surface area contributed by atoms with E-state index in [4.69, 9.17) is 21.1 Å². The number of benzene rings is 1. The maximum Gasteiger partial charge on any atom is 0.471 e. The number of alkyl halides is 3. The Morgan fingerprint density at radius 3 is 2.10 bits per heavy atom. The zero-order valence-corrected chi connectivity index (χ0v) is 12.7. The number of hydrogen-bond donors (Lipinski definition) is 1. The van der Waals surface area contributed by atoms with E-state index in [1.807, 2.05) is 5.32 Å². The second-order valence-electron chi connectivity index (χ2n) is 4.29. The highest BCUT2D eigenvalue weighted by atomic mass is 35.5. The van der Waals surface area contributed by atoms with Gasteiger partial charge in [0.25, 0.3) is 0 Å². The van der Waals surface area contributed by atoms with Crippen molar-refractivity contribution in [3.8, 4) is 11.5 Å². The lowest BCUT2D eigenvalue weighted by Crippen LogP contribution is -2.36. The van der Waals surface area contributed by atoms with Gasteiger partial charge in [0.15, 0.2) is 0 Å². The van der Waals surface area contributed by atoms with E-state index in [2.05, 4.69) is 0 Å². The van der Waals surface area contributed by atoms with E-state index >= 15 is 0 Å². The molecule has 0 aromatic heterocycles. The van der Waals surface area contributed by atoms with Crippen LogP contribution in [0.4, 0.5) is 13.2 Å². The summed E-state index contributed by atoms with van der Waals surface area (Å²) in [5.41, 5.74) is 1.42. The Morgan fingerprint density at radius 2 is 1.67 bits per heavy atom. The molecule has 1 aromatic carbocycles. The summed E-state index contributed by atoms with van der Waals surface area (Å²) in [5.74, 6) is -1.36. The monoisotopic (exact) mass is 325 g/mol. The number of hydrogen-bond acceptors (Lipinski definition) is 3. The molecule has 0 radical (unpaired) electrons. The smallest absolute Gasteiger partial charge is 0.471 e. The fourth-order valence-electron chi connectivity index (χ4n) is 1.97. The SMILES string of the molecule is COc1c(C)c(CNC(=O)C(F)(F)F)c(OC)c(C)c1Cl. The number of methoxy groups -OCH3 is 2. The molecule has 1 amide bonds. The summed E-state index contributed by atoms with van der Waals surface area (Å²) in [6, 6.07) is 0. The van der Waals surface area contributed by atoms with Gasteiger partial charge in [0.05, 0.1) is 19.2 Å². The summed E-state index contributed by atoms with van der Waals surface area (Å²) in [6.07, 6.45) is -4.94. The van der Waals surface area contributed by atoms with Crippen molar-refractivity contribution in [2.75, 3.05) is 14.2 Å². The molecule has 0 spiro atoms. The predicted molar refractivity (Wildman–Crippen MR) is 71.9 cm³/mol. The van der Waals surface area contributed by atoms with Gasteiger partial charge in [-0.15, -0.1) is 0 Å². The zero-order valence-electron chi connectivity index (χ0n) is 11.9. The van der Waals surface area contributed by atoms with E-state index < -0.39 is 12.1 Å². The lowest BCUT2D eigenvalue weighted by atomic mass is 10.0. The van der Waals surface area contributed by atoms with Crippen molar-refractivity contribution in [2.45, 2.75) is 26.6 Å². The molecule has 0 aliphatic rings. The third kappa shape index (κ3) is 3.53. The molecule has 1 rings (SSSR count). The Bertz CT molecular complexity index is 559. The number of halogens is 4. The van der Waals surface area contributed by atoms with Crippen LogP contribution in [0.5, 0.6) is 11.5 Å². The lowest BCUT2D eigenvalue weighted by Gasteiger charge is -2.20. The summed E-state index contributed by atoms with van der Waals surface area (Å²) in [4.78, 5) is 10.9. The number of nitrogens with one attached hydrogen (secondary N) is 1. The van der Waals surface area contributed by atoms with Crippen LogP contribution in [0.25, 0.3) is 0 Å². The fourth-order valence-corrected chi connectivity index (χ4v) is 2.27. The number of amides is 1. The first-order chi connectivity index (χ1) is 9.65. The molecule has 1 aromatic rings. The first-order valence-electron chi connectivity index (χ1n) is 5.89. The normalized spacial score (nSPS) is 11.2. The molecule has 4 nitrogen and oxygen atoms in total.